The van der Waals surface area contributed by atoms with Crippen molar-refractivity contribution in [2.45, 2.75) is 192 Å². The molecule has 6 N–H and O–H groups in total. The number of amides is 1. The normalized spacial score (nSPS) is 35.3. The number of allylic oxidation sites excluding steroid dienone is 5. The van der Waals surface area contributed by atoms with Gasteiger partial charge in [-0.25, -0.2) is 4.79 Å². The van der Waals surface area contributed by atoms with Crippen molar-refractivity contribution in [1.82, 2.24) is 10.2 Å². The second-order valence-electron chi connectivity index (χ2n) is 22.8. The van der Waals surface area contributed by atoms with E-state index in [1.165, 1.54) is 12.0 Å². The number of esters is 1. The molecule has 2 bridgehead atoms. The van der Waals surface area contributed by atoms with Gasteiger partial charge in [-0.05, 0) is 120 Å². The number of aliphatic hydroxyl groups excluding tert-OH is 2. The van der Waals surface area contributed by atoms with Gasteiger partial charge in [-0.2, -0.15) is 0 Å². The molecule has 4 rings (SSSR count). The highest BCUT2D eigenvalue weighted by Gasteiger charge is 2.53. The molecule has 20 nitrogen and oxygen atoms in total. The number of methoxy groups -OCH3 is 3. The fourth-order valence-corrected chi connectivity index (χ4v) is 11.7. The summed E-state index contributed by atoms with van der Waals surface area (Å²) in [4.78, 5) is 58.3. The molecule has 1 aliphatic carbocycles. The van der Waals surface area contributed by atoms with Gasteiger partial charge < -0.3 is 78.6 Å². The Kier molecular flexibility index (Phi) is 32.1. The molecule has 3 aliphatic heterocycles. The third-order valence-electron chi connectivity index (χ3n) is 16.5. The number of piperidine rings is 1. The molecule has 16 atom stereocenters. The van der Waals surface area contributed by atoms with Crippen molar-refractivity contribution >= 4 is 40.8 Å². The number of nitrogens with one attached hydrogen (secondary N) is 1. The largest absolute Gasteiger partial charge is 0.465 e. The number of carbonyl (C=O) groups excluding carboxylic acids is 4. The standard InChI is InChI=1S/C61H101N3O17S/c1-11-75-27-28-77-31-32-78-30-29-76-26-24-63-60(82)80-49-23-21-45(36-53(49)74-10)35-47(62)52-38-51(73-9)41(4)34-43(6)55(66)56(67)54(65)42(5)33-39(2)17-13-12-14-18-40(3)50(72-8)37-46-22-20-44(7)61(71,81-46)57(68)58(69)64-25-16-15-19-48(64)59(70)79-52/h12-14,17-18,34,39,41-42,44-53,55-56,66-67,71H,11,15-16,19-33,35-38,62H2,1-10H3,(H,63,82)/b14-12+,17-13+,40-18+,43-34+/t39-,41-,42-,44-,45+,46+,47-,48+,49-,50+,51-,52+,53-,55-,56+,61-/m1/s1. The van der Waals surface area contributed by atoms with E-state index in [0.29, 0.717) is 129 Å². The monoisotopic (exact) mass is 1180 g/mol. The number of aliphatic hydroxyl groups is 3. The molecule has 1 saturated carbocycles. The third-order valence-corrected chi connectivity index (χ3v) is 16.8. The summed E-state index contributed by atoms with van der Waals surface area (Å²) in [5.41, 5.74) is 8.36. The summed E-state index contributed by atoms with van der Waals surface area (Å²) in [6, 6.07) is -1.92. The summed E-state index contributed by atoms with van der Waals surface area (Å²) in [5, 5.41) is 38.0. The molecule has 0 unspecified atom stereocenters. The Bertz CT molecular complexity index is 2090. The number of nitrogens with two attached hydrogens (primary N) is 1. The van der Waals surface area contributed by atoms with Crippen LogP contribution >= 0.6 is 12.2 Å². The Morgan fingerprint density at radius 1 is 0.780 bits per heavy atom. The second-order valence-corrected chi connectivity index (χ2v) is 23.2. The minimum Gasteiger partial charge on any atom is -0.465 e. The Balaban J connectivity index is 1.54. The molecule has 0 aromatic carbocycles. The van der Waals surface area contributed by atoms with Crippen molar-refractivity contribution in [1.29, 1.82) is 0 Å². The van der Waals surface area contributed by atoms with E-state index in [2.05, 4.69) is 5.32 Å². The molecular formula is C61H101N3O17S. The quantitative estimate of drug-likeness (QED) is 0.0324. The second kappa shape index (κ2) is 37.1. The van der Waals surface area contributed by atoms with Gasteiger partial charge in [0.1, 0.15) is 30.5 Å². The molecule has 3 heterocycles. The molecule has 0 spiro atoms. The van der Waals surface area contributed by atoms with Crippen molar-refractivity contribution < 1.29 is 81.9 Å². The molecule has 0 aromatic heterocycles. The van der Waals surface area contributed by atoms with Crippen LogP contribution < -0.4 is 11.1 Å². The summed E-state index contributed by atoms with van der Waals surface area (Å²) in [6.07, 6.45) is 9.91. The first-order chi connectivity index (χ1) is 39.2. The van der Waals surface area contributed by atoms with Gasteiger partial charge in [0.2, 0.25) is 5.79 Å². The predicted molar refractivity (Wildman–Crippen MR) is 313 cm³/mol. The SMILES string of the molecule is CCOCCOCCOCCOCCNC(=S)O[C@@H]1CC[C@@H](C[C@@H](N)[C@@H]2C[C@@H](OC)[C@H](C)/C=C(\C)[C@@H](O)[C@@H](O)C(=O)[C@H](C)C[C@H](C)/C=C/C=C/C=C(\C)[C@@H](OC)C[C@@H]3CC[C@@H](C)[C@@](O)(O3)C(=O)C(=O)N3CCCC[C@H]3C(=O)O2)C[C@H]1OC. The number of thiocarbonyl (C=S) groups is 1. The summed E-state index contributed by atoms with van der Waals surface area (Å²) in [6.45, 7) is 17.2. The van der Waals surface area contributed by atoms with Gasteiger partial charge in [0.25, 0.3) is 16.9 Å². The highest BCUT2D eigenvalue weighted by atomic mass is 32.1. The molecule has 2 saturated heterocycles. The van der Waals surface area contributed by atoms with Gasteiger partial charge in [-0.3, -0.25) is 14.4 Å². The van der Waals surface area contributed by atoms with Gasteiger partial charge in [-0.1, -0.05) is 64.2 Å². The molecule has 3 fully saturated rings. The topological polar surface area (TPSA) is 263 Å². The van der Waals surface area contributed by atoms with Gasteiger partial charge in [0.05, 0.1) is 70.7 Å². The Morgan fingerprint density at radius 3 is 2.11 bits per heavy atom. The average molecular weight is 1180 g/mol. The third kappa shape index (κ3) is 22.4. The number of cyclic esters (lactones) is 1. The van der Waals surface area contributed by atoms with Crippen LogP contribution in [0.3, 0.4) is 0 Å². The molecule has 82 heavy (non-hydrogen) atoms. The molecule has 4 aliphatic rings. The predicted octanol–water partition coefficient (Wildman–Crippen LogP) is 5.65. The fourth-order valence-electron chi connectivity index (χ4n) is 11.4. The summed E-state index contributed by atoms with van der Waals surface area (Å²) in [5.74, 6) is -7.64. The van der Waals surface area contributed by atoms with Gasteiger partial charge in [0, 0.05) is 77.7 Å². The maximum atomic E-state index is 14.7. The van der Waals surface area contributed by atoms with Crippen LogP contribution in [-0.2, 0) is 66.5 Å². The number of fused-ring (bicyclic) bond motifs is 3. The zero-order valence-electron chi connectivity index (χ0n) is 50.7. The van der Waals surface area contributed by atoms with Gasteiger partial charge in [0.15, 0.2) is 5.78 Å². The number of hydrogen-bond acceptors (Lipinski definition) is 19. The van der Waals surface area contributed by atoms with E-state index in [0.717, 1.165) is 5.57 Å². The molecule has 0 aromatic rings. The van der Waals surface area contributed by atoms with Crippen LogP contribution in [0.5, 0.6) is 0 Å². The van der Waals surface area contributed by atoms with E-state index in [-0.39, 0.29) is 48.6 Å². The van der Waals surface area contributed by atoms with Crippen LogP contribution in [0.1, 0.15) is 126 Å². The lowest BCUT2D eigenvalue weighted by Crippen LogP contribution is -2.61. The number of hydrogen-bond donors (Lipinski definition) is 5. The summed E-state index contributed by atoms with van der Waals surface area (Å²) in [7, 11) is 4.71. The maximum Gasteiger partial charge on any atom is 0.329 e. The lowest BCUT2D eigenvalue weighted by molar-refractivity contribution is -0.265. The minimum absolute atomic E-state index is 0.00593. The first-order valence-corrected chi connectivity index (χ1v) is 30.2. The van der Waals surface area contributed by atoms with Crippen LogP contribution in [0.2, 0.25) is 0 Å². The maximum absolute atomic E-state index is 14.7. The minimum atomic E-state index is -2.45. The molecule has 0 radical (unpaired) electrons. The molecule has 1 amide bonds. The van der Waals surface area contributed by atoms with Crippen LogP contribution in [0.25, 0.3) is 0 Å². The molecule has 21 heteroatoms. The highest BCUT2D eigenvalue weighted by molar-refractivity contribution is 7.80. The molecular weight excluding hydrogens is 1080 g/mol. The van der Waals surface area contributed by atoms with E-state index in [9.17, 15) is 34.5 Å². The number of rotatable bonds is 20. The van der Waals surface area contributed by atoms with E-state index in [4.69, 9.17) is 65.3 Å². The van der Waals surface area contributed by atoms with E-state index in [1.54, 1.807) is 41.1 Å². The number of nitrogens with zero attached hydrogens (tertiary/aromatic N) is 1. The lowest BCUT2D eigenvalue weighted by Gasteiger charge is -2.43. The zero-order valence-corrected chi connectivity index (χ0v) is 51.5. The number of ether oxygens (including phenoxy) is 10. The number of ketones is 2. The van der Waals surface area contributed by atoms with Crippen LogP contribution in [0.4, 0.5) is 0 Å². The summed E-state index contributed by atoms with van der Waals surface area (Å²) >= 11 is 5.55. The van der Waals surface area contributed by atoms with Crippen molar-refractivity contribution in [2.75, 3.05) is 87.3 Å². The van der Waals surface area contributed by atoms with Crippen molar-refractivity contribution in [2.24, 2.45) is 35.3 Å². The number of carbonyl (C=O) groups is 4. The lowest BCUT2D eigenvalue weighted by atomic mass is 9.80. The molecule has 468 valence electrons. The van der Waals surface area contributed by atoms with E-state index >= 15 is 0 Å². The van der Waals surface area contributed by atoms with Crippen LogP contribution in [0, 0.1) is 29.6 Å². The van der Waals surface area contributed by atoms with Gasteiger partial charge in [-0.15, -0.1) is 0 Å². The Hall–Kier alpha value is -3.55. The zero-order chi connectivity index (χ0) is 60.4. The Labute approximate surface area is 493 Å². The fraction of sp³-hybridized carbons (Fsp3) is 0.787. The van der Waals surface area contributed by atoms with E-state index in [1.807, 2.05) is 58.1 Å². The van der Waals surface area contributed by atoms with Crippen LogP contribution in [0.15, 0.2) is 47.6 Å². The smallest absolute Gasteiger partial charge is 0.329 e. The first-order valence-electron chi connectivity index (χ1n) is 29.8. The highest BCUT2D eigenvalue weighted by Crippen LogP contribution is 2.38. The number of Topliss-reactive ketones (excluding diaryl/α,β-unsaturated/α-hetero) is 2. The van der Waals surface area contributed by atoms with Crippen molar-refractivity contribution in [3.63, 3.8) is 0 Å². The first kappa shape index (κ1) is 70.9. The average Bonchev–Trinajstić information content (AvgIpc) is 3.26. The van der Waals surface area contributed by atoms with E-state index < -0.39 is 95.7 Å². The Morgan fingerprint density at radius 2 is 1.45 bits per heavy atom. The summed E-state index contributed by atoms with van der Waals surface area (Å²) < 4.78 is 58.6. The van der Waals surface area contributed by atoms with Crippen LogP contribution in [-0.4, -0.2) is 203 Å². The van der Waals surface area contributed by atoms with Crippen molar-refractivity contribution in [3.8, 4) is 0 Å². The van der Waals surface area contributed by atoms with Gasteiger partial charge >= 0.3 is 5.97 Å². The van der Waals surface area contributed by atoms with Crippen molar-refractivity contribution in [3.05, 3.63) is 47.6 Å².